The maximum atomic E-state index is 13.9. The van der Waals surface area contributed by atoms with Crippen molar-refractivity contribution in [3.63, 3.8) is 0 Å². The third-order valence-corrected chi connectivity index (χ3v) is 7.22. The average molecular weight is 636 g/mol. The predicted molar refractivity (Wildman–Crippen MR) is 127 cm³/mol. The van der Waals surface area contributed by atoms with Crippen LogP contribution in [0.2, 0.25) is 0 Å². The van der Waals surface area contributed by atoms with E-state index in [0.717, 1.165) is 17.0 Å². The summed E-state index contributed by atoms with van der Waals surface area (Å²) < 4.78 is 150. The number of benzene rings is 2. The number of hydrogen-bond acceptors (Lipinski definition) is 6. The molecule has 2 aromatic carbocycles. The van der Waals surface area contributed by atoms with E-state index in [1.807, 2.05) is 0 Å². The van der Waals surface area contributed by atoms with Crippen molar-refractivity contribution in [1.29, 1.82) is 0 Å². The molecule has 42 heavy (non-hydrogen) atoms. The zero-order valence-corrected chi connectivity index (χ0v) is 22.6. The average Bonchev–Trinajstić information content (AvgIpc) is 3.24. The van der Waals surface area contributed by atoms with Crippen LogP contribution < -0.4 is 4.18 Å². The first-order valence-electron chi connectivity index (χ1n) is 11.8. The Bertz CT molecular complexity index is 1430. The van der Waals surface area contributed by atoms with Crippen LogP contribution in [0.5, 0.6) is 5.75 Å². The summed E-state index contributed by atoms with van der Waals surface area (Å²) in [7, 11) is -7.07. The zero-order chi connectivity index (χ0) is 32.1. The minimum atomic E-state index is -7.41. The molecule has 0 radical (unpaired) electrons. The molecule has 0 bridgehead atoms. The summed E-state index contributed by atoms with van der Waals surface area (Å²) in [4.78, 5) is 25.8. The van der Waals surface area contributed by atoms with Crippen LogP contribution >= 0.6 is 0 Å². The summed E-state index contributed by atoms with van der Waals surface area (Å²) in [6.07, 6.45) is -7.62. The van der Waals surface area contributed by atoms with Crippen LogP contribution in [0.3, 0.4) is 0 Å². The Balaban J connectivity index is 1.79. The SMILES string of the molecule is CC(C)(C)OC(=O)N1C(=O)CCC1c1ccc(-c2ccc(OS(=O)(=O)C(F)(F)C(F)(F)C(F)(F)C(F)(F)F)cc2)cc1. The Morgan fingerprint density at radius 2 is 1.29 bits per heavy atom. The maximum absolute atomic E-state index is 13.9. The smallest absolute Gasteiger partial charge is 0.443 e. The summed E-state index contributed by atoms with van der Waals surface area (Å²) in [6, 6.07) is 9.01. The van der Waals surface area contributed by atoms with Crippen LogP contribution in [-0.4, -0.2) is 54.2 Å². The van der Waals surface area contributed by atoms with Gasteiger partial charge < -0.3 is 8.92 Å². The monoisotopic (exact) mass is 635 g/mol. The summed E-state index contributed by atoms with van der Waals surface area (Å²) in [6.45, 7) is 4.90. The van der Waals surface area contributed by atoms with Gasteiger partial charge in [0.05, 0.1) is 6.04 Å². The second-order valence-corrected chi connectivity index (χ2v) is 11.7. The number of carbonyl (C=O) groups is 2. The highest BCUT2D eigenvalue weighted by atomic mass is 32.2. The third kappa shape index (κ3) is 6.01. The van der Waals surface area contributed by atoms with Crippen molar-refractivity contribution >= 4 is 22.1 Å². The molecular weight excluding hydrogens is 613 g/mol. The van der Waals surface area contributed by atoms with Crippen molar-refractivity contribution in [3.05, 3.63) is 54.1 Å². The molecule has 1 saturated heterocycles. The molecule has 0 saturated carbocycles. The molecule has 1 unspecified atom stereocenters. The molecule has 1 atom stereocenters. The molecule has 1 heterocycles. The van der Waals surface area contributed by atoms with Crippen LogP contribution in [0.4, 0.5) is 44.3 Å². The molecule has 0 spiro atoms. The number of rotatable bonds is 7. The molecule has 0 aromatic heterocycles. The Kier molecular flexibility index (Phi) is 8.37. The van der Waals surface area contributed by atoms with Gasteiger partial charge in [0.15, 0.2) is 0 Å². The molecule has 0 N–H and O–H groups in total. The number of carbonyl (C=O) groups excluding carboxylic acids is 2. The van der Waals surface area contributed by atoms with Gasteiger partial charge in [-0.1, -0.05) is 36.4 Å². The van der Waals surface area contributed by atoms with Crippen molar-refractivity contribution in [3.8, 4) is 16.9 Å². The first-order valence-corrected chi connectivity index (χ1v) is 13.2. The van der Waals surface area contributed by atoms with Crippen LogP contribution in [0.15, 0.2) is 48.5 Å². The zero-order valence-electron chi connectivity index (χ0n) is 21.8. The van der Waals surface area contributed by atoms with Gasteiger partial charge in [0.25, 0.3) is 0 Å². The minimum Gasteiger partial charge on any atom is -0.443 e. The molecule has 1 aliphatic heterocycles. The summed E-state index contributed by atoms with van der Waals surface area (Å²) in [5, 5.41) is -6.98. The molecule has 17 heteroatoms. The van der Waals surface area contributed by atoms with Gasteiger partial charge in [-0.15, -0.1) is 0 Å². The van der Waals surface area contributed by atoms with Crippen molar-refractivity contribution < 1.29 is 66.4 Å². The molecule has 0 aliphatic carbocycles. The van der Waals surface area contributed by atoms with Crippen molar-refractivity contribution in [2.75, 3.05) is 0 Å². The van der Waals surface area contributed by atoms with Crippen molar-refractivity contribution in [2.24, 2.45) is 0 Å². The van der Waals surface area contributed by atoms with Crippen molar-refractivity contribution in [2.45, 2.75) is 68.5 Å². The van der Waals surface area contributed by atoms with Crippen LogP contribution in [0, 0.1) is 0 Å². The Hall–Kier alpha value is -3.50. The first kappa shape index (κ1) is 33.0. The van der Waals surface area contributed by atoms with E-state index in [9.17, 15) is 57.5 Å². The number of amides is 2. The third-order valence-electron chi connectivity index (χ3n) is 5.92. The van der Waals surface area contributed by atoms with E-state index in [1.165, 1.54) is 12.1 Å². The number of imide groups is 1. The highest BCUT2D eigenvalue weighted by Gasteiger charge is 2.86. The van der Waals surface area contributed by atoms with Gasteiger partial charge in [-0.3, -0.25) is 4.79 Å². The normalized spacial score (nSPS) is 17.4. The van der Waals surface area contributed by atoms with Gasteiger partial charge in [0, 0.05) is 6.42 Å². The van der Waals surface area contributed by atoms with Crippen LogP contribution in [-0.2, 0) is 19.6 Å². The van der Waals surface area contributed by atoms with E-state index in [1.54, 1.807) is 32.9 Å². The van der Waals surface area contributed by atoms with E-state index in [4.69, 9.17) is 4.74 Å². The quantitative estimate of drug-likeness (QED) is 0.239. The Labute approximate surface area is 233 Å². The van der Waals surface area contributed by atoms with Crippen molar-refractivity contribution in [1.82, 2.24) is 4.90 Å². The van der Waals surface area contributed by atoms with Crippen LogP contribution in [0.25, 0.3) is 11.1 Å². The molecule has 1 fully saturated rings. The Morgan fingerprint density at radius 1 is 0.810 bits per heavy atom. The first-order chi connectivity index (χ1) is 18.9. The largest absolute Gasteiger partial charge is 0.460 e. The standard InChI is InChI=1S/C25H22F9NO6S/c1-21(2,3)40-20(37)35-18(12-13-19(35)36)16-6-4-14(5-7-16)15-8-10-17(11-9-15)41-42(38,39)25(33,34)23(28,29)22(26,27)24(30,31)32/h4-11,18H,12-13H2,1-3H3. The molecule has 2 amide bonds. The van der Waals surface area contributed by atoms with E-state index in [0.29, 0.717) is 29.7 Å². The van der Waals surface area contributed by atoms with Gasteiger partial charge in [-0.25, -0.2) is 9.69 Å². The fraction of sp³-hybridized carbons (Fsp3) is 0.440. The van der Waals surface area contributed by atoms with E-state index < -0.39 is 62.8 Å². The van der Waals surface area contributed by atoms with Gasteiger partial charge in [0.1, 0.15) is 11.4 Å². The molecular formula is C25H22F9NO6S. The second kappa shape index (κ2) is 10.6. The molecule has 1 aliphatic rings. The van der Waals surface area contributed by atoms with E-state index >= 15 is 0 Å². The lowest BCUT2D eigenvalue weighted by Gasteiger charge is -2.32. The second-order valence-electron chi connectivity index (χ2n) is 10.1. The van der Waals surface area contributed by atoms with E-state index in [-0.39, 0.29) is 12.0 Å². The maximum Gasteiger partial charge on any atom is 0.460 e. The number of nitrogens with zero attached hydrogens (tertiary/aromatic N) is 1. The minimum absolute atomic E-state index is 0.0921. The summed E-state index contributed by atoms with van der Waals surface area (Å²) in [5.74, 6) is -16.3. The highest BCUT2D eigenvalue weighted by molar-refractivity contribution is 7.88. The Morgan fingerprint density at radius 3 is 1.74 bits per heavy atom. The fourth-order valence-electron chi connectivity index (χ4n) is 3.84. The van der Waals surface area contributed by atoms with Gasteiger partial charge in [-0.05, 0) is 56.0 Å². The van der Waals surface area contributed by atoms with Crippen LogP contribution in [0.1, 0.15) is 45.2 Å². The molecule has 3 rings (SSSR count). The fourth-order valence-corrected chi connectivity index (χ4v) is 4.75. The summed E-state index contributed by atoms with van der Waals surface area (Å²) in [5.41, 5.74) is 0.399. The molecule has 2 aromatic rings. The predicted octanol–water partition coefficient (Wildman–Crippen LogP) is 7.09. The number of ether oxygens (including phenoxy) is 1. The lowest BCUT2D eigenvalue weighted by Crippen LogP contribution is -2.63. The summed E-state index contributed by atoms with van der Waals surface area (Å²) >= 11 is 0. The van der Waals surface area contributed by atoms with Gasteiger partial charge >= 0.3 is 39.5 Å². The number of halogens is 9. The molecule has 232 valence electrons. The highest BCUT2D eigenvalue weighted by Crippen LogP contribution is 2.55. The topological polar surface area (TPSA) is 90.0 Å². The molecule has 7 nitrogen and oxygen atoms in total. The number of likely N-dealkylation sites (tertiary alicyclic amines) is 1. The van der Waals surface area contributed by atoms with E-state index in [2.05, 4.69) is 4.18 Å². The number of hydrogen-bond donors (Lipinski definition) is 0. The van der Waals surface area contributed by atoms with Gasteiger partial charge in [-0.2, -0.15) is 47.9 Å². The number of alkyl halides is 9. The lowest BCUT2D eigenvalue weighted by atomic mass is 9.99. The lowest BCUT2D eigenvalue weighted by molar-refractivity contribution is -0.382. The van der Waals surface area contributed by atoms with Gasteiger partial charge in [0.2, 0.25) is 5.91 Å².